The predicted octanol–water partition coefficient (Wildman–Crippen LogP) is 4.74. The average Bonchev–Trinajstić information content (AvgIpc) is 3.38. The van der Waals surface area contributed by atoms with Crippen molar-refractivity contribution in [1.29, 1.82) is 0 Å². The van der Waals surface area contributed by atoms with Crippen LogP contribution < -0.4 is 10.1 Å². The van der Waals surface area contributed by atoms with Gasteiger partial charge in [-0.3, -0.25) is 14.7 Å². The Kier molecular flexibility index (Phi) is 8.98. The highest BCUT2D eigenvalue weighted by Crippen LogP contribution is 2.45. The van der Waals surface area contributed by atoms with E-state index in [1.54, 1.807) is 42.2 Å². The molecule has 3 aromatic carbocycles. The third-order valence-electron chi connectivity index (χ3n) is 7.28. The molecule has 0 aliphatic carbocycles. The summed E-state index contributed by atoms with van der Waals surface area (Å²) in [5, 5.41) is 3.84. The Morgan fingerprint density at radius 3 is 2.23 bits per heavy atom. The van der Waals surface area contributed by atoms with Crippen LogP contribution in [-0.4, -0.2) is 80.6 Å². The normalized spacial score (nSPS) is 18.9. The fourth-order valence-electron chi connectivity index (χ4n) is 5.14. The lowest BCUT2D eigenvalue weighted by Gasteiger charge is -2.35. The molecule has 5 rings (SSSR count). The zero-order valence-electron chi connectivity index (χ0n) is 23.8. The molecule has 1 N–H and O–H groups in total. The molecule has 3 aromatic rings. The van der Waals surface area contributed by atoms with Crippen molar-refractivity contribution in [3.63, 3.8) is 0 Å². The van der Waals surface area contributed by atoms with E-state index in [9.17, 15) is 18.0 Å². The molecule has 0 bridgehead atoms. The topological polar surface area (TPSA) is 112 Å². The molecule has 0 radical (unpaired) electrons. The molecule has 0 unspecified atom stereocenters. The van der Waals surface area contributed by atoms with Gasteiger partial charge in [0, 0.05) is 43.3 Å². The second kappa shape index (κ2) is 12.5. The summed E-state index contributed by atoms with van der Waals surface area (Å²) in [5.74, 6) is 0.279. The summed E-state index contributed by atoms with van der Waals surface area (Å²) in [6, 6.07) is 17.3. The van der Waals surface area contributed by atoms with E-state index in [2.05, 4.69) is 5.32 Å². The molecular weight excluding hydrogens is 613 g/mol. The second-order valence-electron chi connectivity index (χ2n) is 10.2. The molecule has 1 saturated heterocycles. The lowest BCUT2D eigenvalue weighted by Crippen LogP contribution is -2.55. The van der Waals surface area contributed by atoms with E-state index in [1.807, 2.05) is 24.3 Å². The molecule has 226 valence electrons. The van der Waals surface area contributed by atoms with Crippen LogP contribution in [0.5, 0.6) is 5.75 Å². The van der Waals surface area contributed by atoms with Crippen LogP contribution in [0.2, 0.25) is 10.0 Å². The summed E-state index contributed by atoms with van der Waals surface area (Å²) in [7, 11) is -0.868. The van der Waals surface area contributed by atoms with Crippen LogP contribution in [0.15, 0.2) is 76.6 Å². The Labute approximate surface area is 260 Å². The Balaban J connectivity index is 1.72. The first-order valence-corrected chi connectivity index (χ1v) is 15.8. The smallest absolute Gasteiger partial charge is 0.326 e. The fourth-order valence-corrected chi connectivity index (χ4v) is 6.31. The molecule has 2 heterocycles. The number of urea groups is 1. The SMILES string of the molecule is CCOc1cc(S(=O)(=O)N(C)C)ccc1C1=N[C@@H](c2ccc(Cl)cc2)[C@@H](c2ccc(Cl)cc2)N1C(=O)N1CCNC(=O)C1. The number of amides is 3. The number of nitrogens with zero attached hydrogens (tertiary/aromatic N) is 4. The third kappa shape index (κ3) is 6.21. The first kappa shape index (κ1) is 30.8. The van der Waals surface area contributed by atoms with E-state index in [1.165, 1.54) is 31.1 Å². The fraction of sp³-hybridized carbons (Fsp3) is 0.300. The maximum absolute atomic E-state index is 14.4. The minimum absolute atomic E-state index is 0.0392. The van der Waals surface area contributed by atoms with Crippen LogP contribution in [-0.2, 0) is 14.8 Å². The van der Waals surface area contributed by atoms with Gasteiger partial charge in [0.25, 0.3) is 0 Å². The molecule has 0 saturated carbocycles. The monoisotopic (exact) mass is 643 g/mol. The van der Waals surface area contributed by atoms with Crippen molar-refractivity contribution in [2.75, 3.05) is 40.3 Å². The van der Waals surface area contributed by atoms with E-state index >= 15 is 0 Å². The minimum atomic E-state index is -3.77. The van der Waals surface area contributed by atoms with Crippen molar-refractivity contribution in [1.82, 2.24) is 19.4 Å². The number of amidine groups is 1. The summed E-state index contributed by atoms with van der Waals surface area (Å²) >= 11 is 12.4. The van der Waals surface area contributed by atoms with Gasteiger partial charge in [-0.1, -0.05) is 47.5 Å². The van der Waals surface area contributed by atoms with Gasteiger partial charge in [0.2, 0.25) is 15.9 Å². The highest BCUT2D eigenvalue weighted by atomic mass is 35.5. The van der Waals surface area contributed by atoms with Gasteiger partial charge in [-0.15, -0.1) is 0 Å². The Hall–Kier alpha value is -3.64. The molecule has 43 heavy (non-hydrogen) atoms. The number of aliphatic imine (C=N–C) groups is 1. The maximum Gasteiger partial charge on any atom is 0.326 e. The number of hydrogen-bond donors (Lipinski definition) is 1. The number of halogens is 2. The van der Waals surface area contributed by atoms with Crippen molar-refractivity contribution in [2.24, 2.45) is 4.99 Å². The largest absolute Gasteiger partial charge is 0.493 e. The van der Waals surface area contributed by atoms with Crippen molar-refractivity contribution in [3.05, 3.63) is 93.5 Å². The quantitative estimate of drug-likeness (QED) is 0.400. The molecule has 1 fully saturated rings. The number of piperazine rings is 1. The average molecular weight is 645 g/mol. The van der Waals surface area contributed by atoms with Crippen molar-refractivity contribution in [2.45, 2.75) is 23.9 Å². The number of ether oxygens (including phenoxy) is 1. The summed E-state index contributed by atoms with van der Waals surface area (Å²) in [5.41, 5.74) is 2.01. The van der Waals surface area contributed by atoms with Crippen LogP contribution in [0.25, 0.3) is 0 Å². The number of carbonyl (C=O) groups excluding carboxylic acids is 2. The molecule has 0 spiro atoms. The lowest BCUT2D eigenvalue weighted by molar-refractivity contribution is -0.123. The van der Waals surface area contributed by atoms with Gasteiger partial charge in [-0.2, -0.15) is 0 Å². The summed E-state index contributed by atoms with van der Waals surface area (Å²) in [4.78, 5) is 34.9. The van der Waals surface area contributed by atoms with E-state index in [0.717, 1.165) is 15.4 Å². The van der Waals surface area contributed by atoms with Gasteiger partial charge in [0.05, 0.1) is 23.1 Å². The number of nitrogens with one attached hydrogen (secondary N) is 1. The Morgan fingerprint density at radius 1 is 1.02 bits per heavy atom. The number of sulfonamides is 1. The van der Waals surface area contributed by atoms with Crippen molar-refractivity contribution >= 4 is 51.0 Å². The predicted molar refractivity (Wildman–Crippen MR) is 165 cm³/mol. The van der Waals surface area contributed by atoms with Gasteiger partial charge < -0.3 is 15.0 Å². The Bertz CT molecular complexity index is 1660. The van der Waals surface area contributed by atoms with Gasteiger partial charge in [-0.25, -0.2) is 17.5 Å². The van der Waals surface area contributed by atoms with Crippen molar-refractivity contribution in [3.8, 4) is 5.75 Å². The van der Waals surface area contributed by atoms with Crippen LogP contribution in [0.1, 0.15) is 35.7 Å². The molecule has 2 atom stereocenters. The van der Waals surface area contributed by atoms with E-state index in [4.69, 9.17) is 32.9 Å². The number of carbonyl (C=O) groups is 2. The third-order valence-corrected chi connectivity index (χ3v) is 9.59. The van der Waals surface area contributed by atoms with E-state index < -0.39 is 28.1 Å². The highest BCUT2D eigenvalue weighted by molar-refractivity contribution is 7.89. The number of benzene rings is 3. The molecule has 10 nitrogen and oxygen atoms in total. The molecular formula is C30H31Cl2N5O5S. The number of rotatable bonds is 7. The van der Waals surface area contributed by atoms with Gasteiger partial charge in [0.15, 0.2) is 0 Å². The minimum Gasteiger partial charge on any atom is -0.493 e. The first-order valence-electron chi connectivity index (χ1n) is 13.6. The van der Waals surface area contributed by atoms with Crippen LogP contribution in [0.3, 0.4) is 0 Å². The summed E-state index contributed by atoms with van der Waals surface area (Å²) < 4.78 is 33.0. The molecule has 2 aliphatic heterocycles. The second-order valence-corrected chi connectivity index (χ2v) is 13.3. The van der Waals surface area contributed by atoms with Crippen LogP contribution in [0, 0.1) is 0 Å². The maximum atomic E-state index is 14.4. The van der Waals surface area contributed by atoms with Gasteiger partial charge >= 0.3 is 6.03 Å². The van der Waals surface area contributed by atoms with Crippen LogP contribution in [0.4, 0.5) is 4.79 Å². The zero-order valence-corrected chi connectivity index (χ0v) is 26.2. The van der Waals surface area contributed by atoms with Crippen molar-refractivity contribution < 1.29 is 22.7 Å². The molecule has 13 heteroatoms. The lowest BCUT2D eigenvalue weighted by atomic mass is 9.93. The molecule has 0 aromatic heterocycles. The Morgan fingerprint density at radius 2 is 1.65 bits per heavy atom. The first-order chi connectivity index (χ1) is 20.5. The van der Waals surface area contributed by atoms with E-state index in [0.29, 0.717) is 28.7 Å². The molecule has 3 amide bonds. The summed E-state index contributed by atoms with van der Waals surface area (Å²) in [6.45, 7) is 2.55. The van der Waals surface area contributed by atoms with Crippen LogP contribution >= 0.6 is 23.2 Å². The van der Waals surface area contributed by atoms with E-state index in [-0.39, 0.29) is 35.5 Å². The van der Waals surface area contributed by atoms with Gasteiger partial charge in [0.1, 0.15) is 24.2 Å². The van der Waals surface area contributed by atoms with Gasteiger partial charge in [-0.05, 0) is 54.4 Å². The summed E-state index contributed by atoms with van der Waals surface area (Å²) in [6.07, 6.45) is 0. The number of hydrogen-bond acceptors (Lipinski definition) is 6. The zero-order chi connectivity index (χ0) is 30.9. The highest BCUT2D eigenvalue weighted by Gasteiger charge is 2.45. The molecule has 2 aliphatic rings. The standard InChI is InChI=1S/C30H31Cl2N5O5S/c1-4-42-25-17-23(43(40,41)35(2)3)13-14-24(25)29-34-27(19-5-9-21(31)10-6-19)28(20-7-11-22(32)12-8-20)37(29)30(39)36-16-15-33-26(38)18-36/h5-14,17,27-28H,4,15-16,18H2,1-3H3,(H,33,38)/t27-,28+/m0/s1.